The Bertz CT molecular complexity index is 518. The first kappa shape index (κ1) is 14.0. The van der Waals surface area contributed by atoms with Crippen LogP contribution in [0.2, 0.25) is 0 Å². The zero-order chi connectivity index (χ0) is 12.1. The Hall–Kier alpha value is -2.07. The highest BCUT2D eigenvalue weighted by Crippen LogP contribution is 2.09. The van der Waals surface area contributed by atoms with Crippen LogP contribution in [0.5, 0.6) is 0 Å². The Labute approximate surface area is 111 Å². The molecule has 18 heavy (non-hydrogen) atoms. The molecular formula is C13H13ClN2O2. The van der Waals surface area contributed by atoms with Crippen LogP contribution in [0.4, 0.5) is 0 Å². The molecular weight excluding hydrogens is 252 g/mol. The van der Waals surface area contributed by atoms with Crippen LogP contribution in [-0.2, 0) is 11.2 Å². The first-order valence-corrected chi connectivity index (χ1v) is 5.22. The van der Waals surface area contributed by atoms with E-state index in [1.807, 2.05) is 24.3 Å². The lowest BCUT2D eigenvalue weighted by Gasteiger charge is -1.99. The summed E-state index contributed by atoms with van der Waals surface area (Å²) in [5, 5.41) is 8.50. The molecule has 0 unspecified atom stereocenters. The zero-order valence-electron chi connectivity index (χ0n) is 9.54. The van der Waals surface area contributed by atoms with E-state index in [-0.39, 0.29) is 12.4 Å². The van der Waals surface area contributed by atoms with Gasteiger partial charge in [0.15, 0.2) is 0 Å². The van der Waals surface area contributed by atoms with Crippen LogP contribution in [0.15, 0.2) is 42.7 Å². The Morgan fingerprint density at radius 1 is 1.33 bits per heavy atom. The van der Waals surface area contributed by atoms with Gasteiger partial charge in [0.25, 0.3) is 0 Å². The number of carbonyl (C=O) groups is 1. The first-order chi connectivity index (χ1) is 8.24. The van der Waals surface area contributed by atoms with E-state index in [1.54, 1.807) is 18.5 Å². The highest BCUT2D eigenvalue weighted by molar-refractivity contribution is 5.85. The van der Waals surface area contributed by atoms with Crippen molar-refractivity contribution in [3.63, 3.8) is 0 Å². The maximum absolute atomic E-state index is 10.4. The third kappa shape index (κ3) is 4.07. The first-order valence-electron chi connectivity index (χ1n) is 5.22. The monoisotopic (exact) mass is 264 g/mol. The van der Waals surface area contributed by atoms with Crippen LogP contribution in [0, 0.1) is 0 Å². The lowest BCUT2D eigenvalue weighted by molar-refractivity contribution is -0.131. The van der Waals surface area contributed by atoms with Crippen LogP contribution in [0.25, 0.3) is 6.08 Å². The Morgan fingerprint density at radius 2 is 2.06 bits per heavy atom. The number of H-pyrrole nitrogens is 1. The van der Waals surface area contributed by atoms with Gasteiger partial charge in [0.1, 0.15) is 5.82 Å². The Kier molecular flexibility index (Phi) is 5.14. The average Bonchev–Trinajstić information content (AvgIpc) is 2.81. The molecule has 0 saturated carbocycles. The third-order valence-corrected chi connectivity index (χ3v) is 2.32. The molecule has 2 rings (SSSR count). The van der Waals surface area contributed by atoms with Gasteiger partial charge < -0.3 is 10.1 Å². The number of rotatable bonds is 4. The van der Waals surface area contributed by atoms with Crippen molar-refractivity contribution in [3.05, 3.63) is 59.7 Å². The van der Waals surface area contributed by atoms with Crippen molar-refractivity contribution in [2.75, 3.05) is 0 Å². The molecule has 4 nitrogen and oxygen atoms in total. The van der Waals surface area contributed by atoms with E-state index in [0.717, 1.165) is 29.4 Å². The fourth-order valence-corrected chi connectivity index (χ4v) is 1.50. The van der Waals surface area contributed by atoms with Gasteiger partial charge in [0.2, 0.25) is 0 Å². The number of imidazole rings is 1. The maximum atomic E-state index is 10.4. The molecule has 1 heterocycles. The van der Waals surface area contributed by atoms with Gasteiger partial charge in [0.05, 0.1) is 0 Å². The highest BCUT2D eigenvalue weighted by Gasteiger charge is 1.97. The molecule has 0 aliphatic rings. The lowest BCUT2D eigenvalue weighted by atomic mass is 10.1. The fourth-order valence-electron chi connectivity index (χ4n) is 1.50. The second kappa shape index (κ2) is 6.61. The molecule has 0 radical (unpaired) electrons. The van der Waals surface area contributed by atoms with Crippen molar-refractivity contribution in [1.82, 2.24) is 9.97 Å². The van der Waals surface area contributed by atoms with Gasteiger partial charge in [-0.3, -0.25) is 0 Å². The SMILES string of the molecule is Cl.O=C(O)C=Cc1ccc(Cc2ncc[nH]2)cc1. The number of aromatic nitrogens is 2. The number of nitrogens with one attached hydrogen (secondary N) is 1. The number of carboxylic acid groups (broad SMARTS) is 1. The van der Waals surface area contributed by atoms with Crippen molar-refractivity contribution >= 4 is 24.5 Å². The Morgan fingerprint density at radius 3 is 2.61 bits per heavy atom. The number of aromatic amines is 1. The molecule has 0 aliphatic heterocycles. The summed E-state index contributed by atoms with van der Waals surface area (Å²) in [6.07, 6.45) is 6.95. The summed E-state index contributed by atoms with van der Waals surface area (Å²) in [7, 11) is 0. The van der Waals surface area contributed by atoms with Gasteiger partial charge in [-0.1, -0.05) is 24.3 Å². The number of hydrogen-bond acceptors (Lipinski definition) is 2. The van der Waals surface area contributed by atoms with Gasteiger partial charge in [-0.15, -0.1) is 12.4 Å². The fraction of sp³-hybridized carbons (Fsp3) is 0.0769. The van der Waals surface area contributed by atoms with Gasteiger partial charge >= 0.3 is 5.97 Å². The van der Waals surface area contributed by atoms with Crippen LogP contribution in [-0.4, -0.2) is 21.0 Å². The van der Waals surface area contributed by atoms with Crippen molar-refractivity contribution in [2.24, 2.45) is 0 Å². The molecule has 1 aromatic carbocycles. The predicted molar refractivity (Wildman–Crippen MR) is 71.8 cm³/mol. The minimum Gasteiger partial charge on any atom is -0.478 e. The molecule has 0 atom stereocenters. The molecule has 2 aromatic rings. The van der Waals surface area contributed by atoms with E-state index in [9.17, 15) is 4.79 Å². The van der Waals surface area contributed by atoms with E-state index in [1.165, 1.54) is 0 Å². The smallest absolute Gasteiger partial charge is 0.328 e. The van der Waals surface area contributed by atoms with Crippen molar-refractivity contribution in [1.29, 1.82) is 0 Å². The summed E-state index contributed by atoms with van der Waals surface area (Å²) in [6.45, 7) is 0. The maximum Gasteiger partial charge on any atom is 0.328 e. The topological polar surface area (TPSA) is 66.0 Å². The molecule has 0 fully saturated rings. The number of halogens is 1. The molecule has 2 N–H and O–H groups in total. The van der Waals surface area contributed by atoms with E-state index >= 15 is 0 Å². The highest BCUT2D eigenvalue weighted by atomic mass is 35.5. The third-order valence-electron chi connectivity index (χ3n) is 2.32. The second-order valence-corrected chi connectivity index (χ2v) is 3.63. The van der Waals surface area contributed by atoms with Crippen molar-refractivity contribution in [3.8, 4) is 0 Å². The van der Waals surface area contributed by atoms with E-state index in [2.05, 4.69) is 9.97 Å². The predicted octanol–water partition coefficient (Wildman–Crippen LogP) is 2.52. The summed E-state index contributed by atoms with van der Waals surface area (Å²) in [4.78, 5) is 17.5. The summed E-state index contributed by atoms with van der Waals surface area (Å²) in [6, 6.07) is 7.70. The van der Waals surface area contributed by atoms with Gasteiger partial charge in [0, 0.05) is 24.9 Å². The quantitative estimate of drug-likeness (QED) is 0.834. The normalized spacial score (nSPS) is 10.2. The summed E-state index contributed by atoms with van der Waals surface area (Å²) in [5.74, 6) is -0.0245. The standard InChI is InChI=1S/C13H12N2O2.ClH/c16-13(17)6-5-10-1-3-11(4-2-10)9-12-14-7-8-15-12;/h1-8H,9H2,(H,14,15)(H,16,17);1H. The average molecular weight is 265 g/mol. The molecule has 94 valence electrons. The number of benzene rings is 1. The van der Waals surface area contributed by atoms with Crippen molar-refractivity contribution in [2.45, 2.75) is 6.42 Å². The lowest BCUT2D eigenvalue weighted by Crippen LogP contribution is -1.90. The van der Waals surface area contributed by atoms with Crippen LogP contribution in [0.1, 0.15) is 17.0 Å². The van der Waals surface area contributed by atoms with Crippen molar-refractivity contribution < 1.29 is 9.90 Å². The second-order valence-electron chi connectivity index (χ2n) is 3.63. The van der Waals surface area contributed by atoms with Crippen LogP contribution in [0.3, 0.4) is 0 Å². The zero-order valence-corrected chi connectivity index (χ0v) is 10.4. The van der Waals surface area contributed by atoms with E-state index in [4.69, 9.17) is 5.11 Å². The van der Waals surface area contributed by atoms with Crippen LogP contribution < -0.4 is 0 Å². The molecule has 0 aliphatic carbocycles. The molecule has 0 bridgehead atoms. The Balaban J connectivity index is 0.00000162. The van der Waals surface area contributed by atoms with Gasteiger partial charge in [-0.05, 0) is 17.2 Å². The molecule has 0 saturated heterocycles. The minimum atomic E-state index is -0.940. The molecule has 5 heteroatoms. The number of carboxylic acids is 1. The number of nitrogens with zero attached hydrogens (tertiary/aromatic N) is 1. The summed E-state index contributed by atoms with van der Waals surface area (Å²) < 4.78 is 0. The largest absolute Gasteiger partial charge is 0.478 e. The van der Waals surface area contributed by atoms with E-state index in [0.29, 0.717) is 0 Å². The molecule has 0 spiro atoms. The summed E-state index contributed by atoms with van der Waals surface area (Å²) >= 11 is 0. The number of aliphatic carboxylic acids is 1. The molecule has 1 aromatic heterocycles. The molecule has 0 amide bonds. The number of hydrogen-bond donors (Lipinski definition) is 2. The summed E-state index contributed by atoms with van der Waals surface area (Å²) in [5.41, 5.74) is 2.00. The van der Waals surface area contributed by atoms with Gasteiger partial charge in [-0.25, -0.2) is 9.78 Å². The van der Waals surface area contributed by atoms with E-state index < -0.39 is 5.97 Å². The van der Waals surface area contributed by atoms with Crippen LogP contribution >= 0.6 is 12.4 Å². The minimum absolute atomic E-state index is 0. The van der Waals surface area contributed by atoms with Gasteiger partial charge in [-0.2, -0.15) is 0 Å².